The fourth-order valence-electron chi connectivity index (χ4n) is 2.54. The van der Waals surface area contributed by atoms with Crippen molar-refractivity contribution in [2.45, 2.75) is 20.3 Å². The summed E-state index contributed by atoms with van der Waals surface area (Å²) >= 11 is 13.5. The van der Waals surface area contributed by atoms with Crippen LogP contribution in [0.1, 0.15) is 19.5 Å². The first-order chi connectivity index (χ1) is 12.0. The van der Waals surface area contributed by atoms with Gasteiger partial charge in [-0.25, -0.2) is 0 Å². The average Bonchev–Trinajstić information content (AvgIpc) is 3.24. The van der Waals surface area contributed by atoms with Crippen LogP contribution >= 0.6 is 34.5 Å². The summed E-state index contributed by atoms with van der Waals surface area (Å²) in [5, 5.41) is 22.2. The maximum Gasteiger partial charge on any atom is 0.235 e. The zero-order valence-corrected chi connectivity index (χ0v) is 15.8. The molecule has 0 bridgehead atoms. The van der Waals surface area contributed by atoms with Gasteiger partial charge in [-0.15, -0.1) is 10.2 Å². The normalized spacial score (nSPS) is 11.7. The Morgan fingerprint density at radius 3 is 2.76 bits per heavy atom. The Bertz CT molecular complexity index is 1050. The van der Waals surface area contributed by atoms with Crippen molar-refractivity contribution in [1.82, 2.24) is 30.0 Å². The number of halogens is 2. The molecule has 4 aromatic rings. The molecule has 0 aliphatic carbocycles. The molecule has 0 atom stereocenters. The van der Waals surface area contributed by atoms with Crippen molar-refractivity contribution < 1.29 is 0 Å². The zero-order valence-electron chi connectivity index (χ0n) is 13.5. The Balaban J connectivity index is 1.73. The maximum absolute atomic E-state index is 6.10. The van der Waals surface area contributed by atoms with Gasteiger partial charge in [0.05, 0.1) is 10.0 Å². The standard InChI is InChI=1S/C16H14Cl2N6S/c1-8(2)5-10-7-13(20-19-10)14-21-22-16-24(14)23-15(25-16)9-3-4-11(17)12(18)6-9/h3-4,6-8H,5H2,1-2H3,(H,19,20). The van der Waals surface area contributed by atoms with Gasteiger partial charge in [0, 0.05) is 11.3 Å². The summed E-state index contributed by atoms with van der Waals surface area (Å²) in [5.41, 5.74) is 2.69. The van der Waals surface area contributed by atoms with Crippen molar-refractivity contribution >= 4 is 39.5 Å². The Hall–Kier alpha value is -1.96. The second kappa shape index (κ2) is 6.40. The molecule has 0 saturated carbocycles. The first kappa shape index (κ1) is 16.5. The molecule has 3 aromatic heterocycles. The SMILES string of the molecule is CC(C)Cc1cc(-c2nnc3sc(-c4ccc(Cl)c(Cl)c4)nn23)n[nH]1. The molecule has 6 nitrogen and oxygen atoms in total. The molecule has 1 aromatic carbocycles. The zero-order chi connectivity index (χ0) is 17.6. The molecular formula is C16H14Cl2N6S. The molecule has 0 unspecified atom stereocenters. The maximum atomic E-state index is 6.10. The molecule has 0 aliphatic heterocycles. The first-order valence-electron chi connectivity index (χ1n) is 7.73. The van der Waals surface area contributed by atoms with Crippen molar-refractivity contribution in [3.05, 3.63) is 40.0 Å². The van der Waals surface area contributed by atoms with Crippen LogP contribution in [-0.4, -0.2) is 30.0 Å². The molecule has 0 spiro atoms. The Morgan fingerprint density at radius 2 is 2.00 bits per heavy atom. The number of hydrogen-bond donors (Lipinski definition) is 1. The predicted molar refractivity (Wildman–Crippen MR) is 100 cm³/mol. The fraction of sp³-hybridized carbons (Fsp3) is 0.250. The van der Waals surface area contributed by atoms with Crippen LogP contribution in [0.3, 0.4) is 0 Å². The second-order valence-corrected chi connectivity index (χ2v) is 7.90. The summed E-state index contributed by atoms with van der Waals surface area (Å²) in [6.45, 7) is 4.33. The van der Waals surface area contributed by atoms with Crippen LogP contribution in [0.25, 0.3) is 27.1 Å². The van der Waals surface area contributed by atoms with Crippen LogP contribution in [-0.2, 0) is 6.42 Å². The summed E-state index contributed by atoms with van der Waals surface area (Å²) < 4.78 is 1.71. The van der Waals surface area contributed by atoms with E-state index >= 15 is 0 Å². The van der Waals surface area contributed by atoms with E-state index in [1.165, 1.54) is 11.3 Å². The van der Waals surface area contributed by atoms with Crippen LogP contribution in [0.2, 0.25) is 10.0 Å². The van der Waals surface area contributed by atoms with E-state index in [1.54, 1.807) is 16.6 Å². The molecule has 9 heteroatoms. The Kier molecular flexibility index (Phi) is 4.23. The highest BCUT2D eigenvalue weighted by atomic mass is 35.5. The van der Waals surface area contributed by atoms with E-state index in [9.17, 15) is 0 Å². The monoisotopic (exact) mass is 392 g/mol. The van der Waals surface area contributed by atoms with Crippen molar-refractivity contribution in [3.63, 3.8) is 0 Å². The van der Waals surface area contributed by atoms with Gasteiger partial charge in [0.2, 0.25) is 10.8 Å². The van der Waals surface area contributed by atoms with E-state index in [4.69, 9.17) is 23.2 Å². The number of nitrogens with one attached hydrogen (secondary N) is 1. The number of hydrogen-bond acceptors (Lipinski definition) is 5. The topological polar surface area (TPSA) is 71.8 Å². The lowest BCUT2D eigenvalue weighted by molar-refractivity contribution is 0.633. The number of aromatic nitrogens is 6. The third kappa shape index (κ3) is 3.15. The minimum absolute atomic E-state index is 0.496. The number of fused-ring (bicyclic) bond motifs is 1. The molecule has 0 amide bonds. The van der Waals surface area contributed by atoms with E-state index in [-0.39, 0.29) is 0 Å². The number of nitrogens with zero attached hydrogens (tertiary/aromatic N) is 5. The summed E-state index contributed by atoms with van der Waals surface area (Å²) in [6, 6.07) is 7.43. The molecular weight excluding hydrogens is 379 g/mol. The lowest BCUT2D eigenvalue weighted by Crippen LogP contribution is -1.93. The average molecular weight is 393 g/mol. The van der Waals surface area contributed by atoms with Gasteiger partial charge in [-0.1, -0.05) is 54.5 Å². The molecule has 1 N–H and O–H groups in total. The van der Waals surface area contributed by atoms with Gasteiger partial charge >= 0.3 is 0 Å². The minimum Gasteiger partial charge on any atom is -0.282 e. The van der Waals surface area contributed by atoms with Gasteiger partial charge in [0.15, 0.2) is 0 Å². The third-order valence-corrected chi connectivity index (χ3v) is 5.33. The summed E-state index contributed by atoms with van der Waals surface area (Å²) in [5.74, 6) is 1.16. The lowest BCUT2D eigenvalue weighted by Gasteiger charge is -1.99. The molecule has 0 aliphatic rings. The molecule has 4 rings (SSSR count). The van der Waals surface area contributed by atoms with Crippen molar-refractivity contribution in [2.24, 2.45) is 5.92 Å². The van der Waals surface area contributed by atoms with Crippen LogP contribution in [0.4, 0.5) is 0 Å². The van der Waals surface area contributed by atoms with E-state index in [0.29, 0.717) is 26.7 Å². The summed E-state index contributed by atoms with van der Waals surface area (Å²) in [6.07, 6.45) is 0.931. The van der Waals surface area contributed by atoms with Gasteiger partial charge in [-0.05, 0) is 30.5 Å². The molecule has 0 fully saturated rings. The largest absolute Gasteiger partial charge is 0.282 e. The number of benzene rings is 1. The Morgan fingerprint density at radius 1 is 1.16 bits per heavy atom. The smallest absolute Gasteiger partial charge is 0.235 e. The first-order valence-corrected chi connectivity index (χ1v) is 9.31. The minimum atomic E-state index is 0.496. The van der Waals surface area contributed by atoms with Crippen molar-refractivity contribution in [1.29, 1.82) is 0 Å². The molecule has 25 heavy (non-hydrogen) atoms. The van der Waals surface area contributed by atoms with Crippen LogP contribution in [0.15, 0.2) is 24.3 Å². The van der Waals surface area contributed by atoms with E-state index in [0.717, 1.165) is 28.4 Å². The van der Waals surface area contributed by atoms with E-state index in [2.05, 4.69) is 39.3 Å². The molecule has 128 valence electrons. The molecule has 0 radical (unpaired) electrons. The highest BCUT2D eigenvalue weighted by Crippen LogP contribution is 2.32. The Labute approximate surface area is 157 Å². The molecule has 3 heterocycles. The highest BCUT2D eigenvalue weighted by molar-refractivity contribution is 7.19. The van der Waals surface area contributed by atoms with E-state index < -0.39 is 0 Å². The van der Waals surface area contributed by atoms with Gasteiger partial charge in [0.25, 0.3) is 0 Å². The number of rotatable bonds is 4. The third-order valence-electron chi connectivity index (χ3n) is 3.65. The van der Waals surface area contributed by atoms with Crippen LogP contribution in [0, 0.1) is 5.92 Å². The van der Waals surface area contributed by atoms with Crippen molar-refractivity contribution in [3.8, 4) is 22.1 Å². The van der Waals surface area contributed by atoms with Gasteiger partial charge in [0.1, 0.15) is 10.7 Å². The number of H-pyrrole nitrogens is 1. The van der Waals surface area contributed by atoms with Gasteiger partial charge < -0.3 is 0 Å². The van der Waals surface area contributed by atoms with Gasteiger partial charge in [-0.3, -0.25) is 5.10 Å². The quantitative estimate of drug-likeness (QED) is 0.543. The predicted octanol–water partition coefficient (Wildman–Crippen LogP) is 4.75. The van der Waals surface area contributed by atoms with E-state index in [1.807, 2.05) is 12.1 Å². The van der Waals surface area contributed by atoms with Crippen LogP contribution < -0.4 is 0 Å². The van der Waals surface area contributed by atoms with Crippen LogP contribution in [0.5, 0.6) is 0 Å². The summed E-state index contributed by atoms with van der Waals surface area (Å²) in [7, 11) is 0. The fourth-order valence-corrected chi connectivity index (χ4v) is 3.68. The van der Waals surface area contributed by atoms with Crippen molar-refractivity contribution in [2.75, 3.05) is 0 Å². The highest BCUT2D eigenvalue weighted by Gasteiger charge is 2.17. The van der Waals surface area contributed by atoms with Gasteiger partial charge in [-0.2, -0.15) is 14.7 Å². The summed E-state index contributed by atoms with van der Waals surface area (Å²) in [4.78, 5) is 0.699. The molecule has 0 saturated heterocycles. The number of aromatic amines is 1. The lowest BCUT2D eigenvalue weighted by atomic mass is 10.1. The second-order valence-electron chi connectivity index (χ2n) is 6.13.